The molecule has 0 aliphatic carbocycles. The van der Waals surface area contributed by atoms with Gasteiger partial charge < -0.3 is 43.3 Å². The van der Waals surface area contributed by atoms with Crippen molar-refractivity contribution in [1.29, 1.82) is 0 Å². The first-order valence-electron chi connectivity index (χ1n) is 35.2. The second-order valence-corrected chi connectivity index (χ2v) is 45.3. The van der Waals surface area contributed by atoms with Crippen LogP contribution in [0.3, 0.4) is 0 Å². The number of halogens is 3. The van der Waals surface area contributed by atoms with Crippen LogP contribution in [0.15, 0.2) is 129 Å². The molecule has 9 rings (SSSR count). The first-order chi connectivity index (χ1) is 47.9. The molecule has 0 bridgehead atoms. The third-order valence-electron chi connectivity index (χ3n) is 20.5. The second kappa shape index (κ2) is 35.2. The number of hydrogen-bond donors (Lipinski definition) is 3. The maximum Gasteiger partial charge on any atom is 0.349 e. The Bertz CT molecular complexity index is 4020. The molecule has 3 fully saturated rings. The van der Waals surface area contributed by atoms with Gasteiger partial charge in [0.05, 0.1) is 67.4 Å². The normalized spacial score (nSPS) is 23.3. The van der Waals surface area contributed by atoms with Gasteiger partial charge in [0.1, 0.15) is 29.9 Å². The number of aryl methyl sites for hydroxylation is 3. The summed E-state index contributed by atoms with van der Waals surface area (Å²) in [6, 6.07) is 23.0. The largest absolute Gasteiger partial charge is 0.408 e. The van der Waals surface area contributed by atoms with Gasteiger partial charge in [-0.15, -0.1) is 0 Å². The molecule has 12 unspecified atom stereocenters. The quantitative estimate of drug-likeness (QED) is 0.0461. The van der Waals surface area contributed by atoms with Crippen LogP contribution in [-0.4, -0.2) is 146 Å². The summed E-state index contributed by atoms with van der Waals surface area (Å²) < 4.78 is 92.5. The van der Waals surface area contributed by atoms with Crippen LogP contribution in [0.25, 0.3) is 0 Å². The molecule has 3 aromatic carbocycles. The molecule has 3 aliphatic heterocycles. The predicted octanol–water partition coefficient (Wildman–Crippen LogP) is 13.7. The second-order valence-electron chi connectivity index (χ2n) is 31.1. The van der Waals surface area contributed by atoms with Gasteiger partial charge in [0.2, 0.25) is 0 Å². The van der Waals surface area contributed by atoms with Gasteiger partial charge in [-0.1, -0.05) is 138 Å². The van der Waals surface area contributed by atoms with Gasteiger partial charge in [0, 0.05) is 40.8 Å². The summed E-state index contributed by atoms with van der Waals surface area (Å²) in [5.74, 6) is -1.33. The van der Waals surface area contributed by atoms with E-state index in [1.165, 1.54) is 26.1 Å². The third-order valence-corrected chi connectivity index (χ3v) is 33.9. The van der Waals surface area contributed by atoms with E-state index in [-0.39, 0.29) is 70.8 Å². The summed E-state index contributed by atoms with van der Waals surface area (Å²) >= 11 is 0. The van der Waals surface area contributed by atoms with Crippen molar-refractivity contribution in [3.8, 4) is 0 Å². The highest BCUT2D eigenvalue weighted by atomic mass is 28.4. The zero-order chi connectivity index (χ0) is 77.1. The van der Waals surface area contributed by atoms with Crippen LogP contribution in [0, 0.1) is 20.8 Å². The molecular weight excluding hydrogens is 1380 g/mol. The molecule has 0 saturated carbocycles. The lowest BCUT2D eigenvalue weighted by Crippen LogP contribution is -2.57. The van der Waals surface area contributed by atoms with Crippen molar-refractivity contribution in [3.63, 3.8) is 0 Å². The summed E-state index contributed by atoms with van der Waals surface area (Å²) in [7, 11) is -6.70. The number of aromatic nitrogens is 6. The number of amides is 1. The number of esters is 2. The van der Waals surface area contributed by atoms with Crippen molar-refractivity contribution in [2.75, 3.05) is 30.9 Å². The van der Waals surface area contributed by atoms with E-state index in [2.05, 4.69) is 122 Å². The van der Waals surface area contributed by atoms with Gasteiger partial charge >= 0.3 is 29.0 Å². The number of carbonyl (C=O) groups excluding carboxylic acids is 3. The summed E-state index contributed by atoms with van der Waals surface area (Å²) in [6.07, 6.45) is -1.07. The van der Waals surface area contributed by atoms with E-state index in [1.54, 1.807) is 112 Å². The summed E-state index contributed by atoms with van der Waals surface area (Å²) in [4.78, 5) is 94.7. The number of nitrogens with two attached hydrogens (primary N) is 1. The van der Waals surface area contributed by atoms with Crippen LogP contribution in [0.5, 0.6) is 0 Å². The van der Waals surface area contributed by atoms with Gasteiger partial charge in [0.15, 0.2) is 43.5 Å². The molecule has 28 heteroatoms. The Morgan fingerprint density at radius 2 is 0.835 bits per heavy atom. The molecule has 4 N–H and O–H groups in total. The monoisotopic (exact) mass is 1490 g/mol. The topological polar surface area (TPSA) is 279 Å². The molecule has 0 radical (unpaired) electrons. The van der Waals surface area contributed by atoms with Gasteiger partial charge in [-0.3, -0.25) is 28.3 Å². The lowest BCUT2D eigenvalue weighted by molar-refractivity contribution is -0.131. The number of hydrogen-bond acceptors (Lipinski definition) is 17. The van der Waals surface area contributed by atoms with Crippen molar-refractivity contribution in [1.82, 2.24) is 28.7 Å². The van der Waals surface area contributed by atoms with Crippen LogP contribution < -0.4 is 33.7 Å². The maximum atomic E-state index is 16.0. The van der Waals surface area contributed by atoms with E-state index in [9.17, 15) is 33.6 Å². The fraction of sp³-hybridized carbons (Fsp3) is 0.560. The Balaban J connectivity index is 0.000000221. The molecule has 6 heterocycles. The number of rotatable bonds is 16. The molecule has 22 nitrogen and oxygen atoms in total. The van der Waals surface area contributed by atoms with Crippen LogP contribution in [-0.2, 0) is 32.2 Å². The van der Waals surface area contributed by atoms with Crippen LogP contribution in [0.2, 0.25) is 54.4 Å². The molecule has 566 valence electrons. The first kappa shape index (κ1) is 84.6. The van der Waals surface area contributed by atoms with Crippen molar-refractivity contribution < 1.29 is 59.8 Å². The zero-order valence-corrected chi connectivity index (χ0v) is 66.7. The van der Waals surface area contributed by atoms with E-state index in [0.717, 1.165) is 0 Å². The number of aromatic amines is 1. The number of nitrogen functional groups attached to an aromatic ring is 1. The zero-order valence-electron chi connectivity index (χ0n) is 63.7. The Hall–Kier alpha value is -7.29. The summed E-state index contributed by atoms with van der Waals surface area (Å²) in [5.41, 5.74) is 6.10. The van der Waals surface area contributed by atoms with Crippen molar-refractivity contribution in [2.45, 2.75) is 251 Å². The number of benzene rings is 3. The number of ether oxygens (including phenoxy) is 4. The highest BCUT2D eigenvalue weighted by Crippen LogP contribution is 2.44. The van der Waals surface area contributed by atoms with E-state index in [1.807, 2.05) is 26.8 Å². The third kappa shape index (κ3) is 21.3. The fourth-order valence-corrected chi connectivity index (χ4v) is 14.9. The Morgan fingerprint density at radius 3 is 1.18 bits per heavy atom. The molecule has 3 aliphatic rings. The molecule has 3 saturated heterocycles. The number of nitrogens with one attached hydrogen (secondary N) is 2. The van der Waals surface area contributed by atoms with Crippen LogP contribution in [0.1, 0.15) is 168 Å². The Morgan fingerprint density at radius 1 is 0.515 bits per heavy atom. The minimum atomic E-state index is -2.28. The first-order valence-corrected chi connectivity index (χ1v) is 43.9. The van der Waals surface area contributed by atoms with Crippen molar-refractivity contribution >= 4 is 54.4 Å². The maximum absolute atomic E-state index is 16.0. The Labute approximate surface area is 606 Å². The van der Waals surface area contributed by atoms with Crippen LogP contribution >= 0.6 is 0 Å². The van der Waals surface area contributed by atoms with E-state index in [4.69, 9.17) is 38.0 Å². The molecule has 0 spiro atoms. The average Bonchev–Trinajstić information content (AvgIpc) is 0.785. The minimum absolute atomic E-state index is 0.0475. The SMILES string of the molecule is CCC1OCC(n2cc(C)c(=O)[nH]c2=O)C(F)C1O[Si](C)(C)C(C)(C)C.CCC1OCC(n2cc(C)c(N)nc2=O)C(F)C1O[Si](C)(C)C(C)(C)C.CCC1OCC(n2cc(C)c(NC(=O)c3ccccc3)nc2=O)C(F)C1O[Si](C)(C)C(C)(C)C.O=C(OC(=O)c1ccccc1)c1ccccc1. The molecule has 1 amide bonds. The molecule has 103 heavy (non-hydrogen) atoms. The Kier molecular flexibility index (Phi) is 28.9. The number of anilines is 2. The smallest absolute Gasteiger partial charge is 0.349 e. The molecule has 12 atom stereocenters. The minimum Gasteiger partial charge on any atom is -0.408 e. The van der Waals surface area contributed by atoms with E-state index >= 15 is 13.2 Å². The number of nitrogens with zero attached hydrogens (tertiary/aromatic N) is 5. The van der Waals surface area contributed by atoms with Crippen molar-refractivity contribution in [2.24, 2.45) is 0 Å². The average molecular weight is 1490 g/mol. The lowest BCUT2D eigenvalue weighted by Gasteiger charge is -2.46. The van der Waals surface area contributed by atoms with Gasteiger partial charge in [-0.2, -0.15) is 9.97 Å². The summed E-state index contributed by atoms with van der Waals surface area (Å²) in [5, 5.41) is 2.47. The fourth-order valence-electron chi connectivity index (χ4n) is 10.9. The van der Waals surface area contributed by atoms with Gasteiger partial charge in [0.25, 0.3) is 11.5 Å². The molecule has 6 aromatic rings. The highest BCUT2D eigenvalue weighted by Gasteiger charge is 2.51. The number of H-pyrrole nitrogens is 1. The standard InChI is InChI=1S/C25H36FN3O4Si.C18H32FN3O3Si.C18H31FN2O4Si.C14H10O3/c1-8-19-21(33-34(6,7)25(3,4)5)20(26)18(15-32-19)29-14-16(2)22(28-24(29)31)27-23(30)17-12-10-9-11-13-17;1-8-13-15(25-26(6,7)18(3,4)5)14(19)12(10-24-13)22-9-11(2)16(20)21-17(22)23;1-8-13-15(25-26(6,7)18(3,4)5)14(19)12(10-24-13)21-9-11(2)16(22)20-17(21)23;15-13(11-7-3-1-4-8-11)17-14(16)12-9-5-2-6-10-12/h9-14,18-21H,8,15H2,1-7H3,(H,27,28,30,31);9,12-15H,8,10H2,1-7H3,(H2,20,21,23);9,12-15H,8,10H2,1-7H3,(H,20,22,23);1-10H. The predicted molar refractivity (Wildman–Crippen MR) is 402 cm³/mol. The van der Waals surface area contributed by atoms with E-state index < -0.39 is 114 Å². The van der Waals surface area contributed by atoms with Gasteiger partial charge in [-0.05, 0) is 131 Å². The molecular formula is C75H109F3N8O14Si3. The number of alkyl halides is 3. The van der Waals surface area contributed by atoms with Gasteiger partial charge in [-0.25, -0.2) is 37.1 Å². The molecule has 3 aromatic heterocycles. The summed E-state index contributed by atoms with van der Waals surface area (Å²) in [6.45, 7) is 42.6. The lowest BCUT2D eigenvalue weighted by atomic mass is 9.97. The van der Waals surface area contributed by atoms with E-state index in [0.29, 0.717) is 52.6 Å². The number of carbonyl (C=O) groups is 3. The van der Waals surface area contributed by atoms with Crippen LogP contribution in [0.4, 0.5) is 24.8 Å². The highest BCUT2D eigenvalue weighted by molar-refractivity contribution is 6.75. The van der Waals surface area contributed by atoms with Crippen molar-refractivity contribution in [3.05, 3.63) is 185 Å².